The fraction of sp³-hybridized carbons (Fsp3) is 0.300. The topological polar surface area (TPSA) is 38.7 Å². The Morgan fingerprint density at radius 2 is 1.65 bits per heavy atom. The highest BCUT2D eigenvalue weighted by atomic mass is 16.6. The third-order valence-corrected chi connectivity index (χ3v) is 3.23. The number of carbonyl (C=O) groups is 1. The molecule has 3 heteroatoms. The molecular weight excluding hydrogens is 286 g/mol. The van der Waals surface area contributed by atoms with Gasteiger partial charge in [0.05, 0.1) is 0 Å². The van der Waals surface area contributed by atoms with Gasteiger partial charge in [-0.15, -0.1) is 0 Å². The number of hydrogen-bond acceptors (Lipinski definition) is 3. The number of carbonyl (C=O) groups excluding carboxylic acids is 1. The van der Waals surface area contributed by atoms with E-state index in [4.69, 9.17) is 4.74 Å². The lowest BCUT2D eigenvalue weighted by Crippen LogP contribution is -2.29. The van der Waals surface area contributed by atoms with E-state index < -0.39 is 11.6 Å². The maximum atomic E-state index is 12.0. The van der Waals surface area contributed by atoms with E-state index in [2.05, 4.69) is 23.2 Å². The van der Waals surface area contributed by atoms with Crippen molar-refractivity contribution in [2.45, 2.75) is 39.3 Å². The number of benzene rings is 2. The first-order valence-corrected chi connectivity index (χ1v) is 7.77. The zero-order valence-electron chi connectivity index (χ0n) is 14.1. The second-order valence-corrected chi connectivity index (χ2v) is 6.44. The van der Waals surface area contributed by atoms with Crippen LogP contribution in [0.25, 0.3) is 11.1 Å². The van der Waals surface area contributed by atoms with Gasteiger partial charge in [-0.2, -0.15) is 0 Å². The van der Waals surface area contributed by atoms with Crippen molar-refractivity contribution in [3.63, 3.8) is 0 Å². The van der Waals surface area contributed by atoms with Gasteiger partial charge < -0.3 is 4.74 Å². The van der Waals surface area contributed by atoms with E-state index in [9.17, 15) is 4.79 Å². The van der Waals surface area contributed by atoms with Crippen LogP contribution in [0.15, 0.2) is 59.6 Å². The fourth-order valence-electron chi connectivity index (χ4n) is 2.13. The summed E-state index contributed by atoms with van der Waals surface area (Å²) in [7, 11) is 0. The molecule has 2 aromatic rings. The van der Waals surface area contributed by atoms with Gasteiger partial charge in [0.25, 0.3) is 0 Å². The van der Waals surface area contributed by atoms with Crippen LogP contribution < -0.4 is 0 Å². The SMILES string of the molecule is CC(N=Cc1ccccc1-c1ccccc1)C(=O)OC(C)(C)C. The maximum absolute atomic E-state index is 12.0. The Morgan fingerprint density at radius 3 is 2.30 bits per heavy atom. The smallest absolute Gasteiger partial charge is 0.331 e. The van der Waals surface area contributed by atoms with Crippen LogP contribution in [0.4, 0.5) is 0 Å². The summed E-state index contributed by atoms with van der Waals surface area (Å²) in [5.74, 6) is -0.314. The Balaban J connectivity index is 2.19. The number of rotatable bonds is 4. The average Bonchev–Trinajstić information content (AvgIpc) is 2.52. The standard InChI is InChI=1S/C20H23NO2/c1-15(19(22)23-20(2,3)4)21-14-17-12-8-9-13-18(17)16-10-6-5-7-11-16/h5-15H,1-4H3. The van der Waals surface area contributed by atoms with Gasteiger partial charge in [-0.05, 0) is 38.8 Å². The zero-order valence-corrected chi connectivity index (χ0v) is 14.1. The molecule has 0 radical (unpaired) electrons. The van der Waals surface area contributed by atoms with Crippen molar-refractivity contribution in [1.82, 2.24) is 0 Å². The highest BCUT2D eigenvalue weighted by molar-refractivity contribution is 5.91. The molecule has 0 amide bonds. The van der Waals surface area contributed by atoms with Crippen molar-refractivity contribution >= 4 is 12.2 Å². The van der Waals surface area contributed by atoms with E-state index >= 15 is 0 Å². The molecule has 2 rings (SSSR count). The second kappa shape index (κ2) is 7.23. The summed E-state index contributed by atoms with van der Waals surface area (Å²) in [4.78, 5) is 16.4. The molecule has 0 saturated heterocycles. The summed E-state index contributed by atoms with van der Waals surface area (Å²) in [6.45, 7) is 7.31. The van der Waals surface area contributed by atoms with Gasteiger partial charge in [0, 0.05) is 11.8 Å². The molecule has 0 N–H and O–H groups in total. The van der Waals surface area contributed by atoms with Crippen molar-refractivity contribution in [3.05, 3.63) is 60.2 Å². The summed E-state index contributed by atoms with van der Waals surface area (Å²) in [6.07, 6.45) is 1.75. The summed E-state index contributed by atoms with van der Waals surface area (Å²) in [5, 5.41) is 0. The van der Waals surface area contributed by atoms with Crippen molar-refractivity contribution in [2.75, 3.05) is 0 Å². The lowest BCUT2D eigenvalue weighted by molar-refractivity contribution is -0.155. The molecule has 0 fully saturated rings. The first-order valence-electron chi connectivity index (χ1n) is 7.77. The molecule has 1 atom stereocenters. The predicted molar refractivity (Wildman–Crippen MR) is 94.8 cm³/mol. The Hall–Kier alpha value is -2.42. The minimum atomic E-state index is -0.530. The molecule has 1 unspecified atom stereocenters. The first-order chi connectivity index (χ1) is 10.9. The molecule has 0 aliphatic rings. The maximum Gasteiger partial charge on any atom is 0.331 e. The van der Waals surface area contributed by atoms with E-state index in [1.54, 1.807) is 13.1 Å². The van der Waals surface area contributed by atoms with E-state index in [1.165, 1.54) is 0 Å². The minimum absolute atomic E-state index is 0.314. The third kappa shape index (κ3) is 5.06. The Kier molecular flexibility index (Phi) is 5.32. The van der Waals surface area contributed by atoms with Crippen molar-refractivity contribution in [1.29, 1.82) is 0 Å². The quantitative estimate of drug-likeness (QED) is 0.616. The summed E-state index contributed by atoms with van der Waals surface area (Å²) >= 11 is 0. The van der Waals surface area contributed by atoms with Crippen LogP contribution in [-0.2, 0) is 9.53 Å². The van der Waals surface area contributed by atoms with Gasteiger partial charge in [0.2, 0.25) is 0 Å². The molecule has 0 aliphatic carbocycles. The van der Waals surface area contributed by atoms with E-state index in [1.807, 2.05) is 57.2 Å². The average molecular weight is 309 g/mol. The highest BCUT2D eigenvalue weighted by Gasteiger charge is 2.20. The van der Waals surface area contributed by atoms with Crippen molar-refractivity contribution in [2.24, 2.45) is 4.99 Å². The van der Waals surface area contributed by atoms with E-state index in [0.717, 1.165) is 16.7 Å². The summed E-state index contributed by atoms with van der Waals surface area (Å²) < 4.78 is 5.35. The number of ether oxygens (including phenoxy) is 1. The van der Waals surface area contributed by atoms with Crippen LogP contribution in [0, 0.1) is 0 Å². The van der Waals surface area contributed by atoms with E-state index in [0.29, 0.717) is 0 Å². The van der Waals surface area contributed by atoms with E-state index in [-0.39, 0.29) is 5.97 Å². The molecule has 23 heavy (non-hydrogen) atoms. The molecule has 2 aromatic carbocycles. The predicted octanol–water partition coefficient (Wildman–Crippen LogP) is 4.50. The molecule has 3 nitrogen and oxygen atoms in total. The fourth-order valence-corrected chi connectivity index (χ4v) is 2.13. The van der Waals surface area contributed by atoms with Crippen LogP contribution >= 0.6 is 0 Å². The first kappa shape index (κ1) is 16.9. The molecular formula is C20H23NO2. The van der Waals surface area contributed by atoms with Gasteiger partial charge >= 0.3 is 5.97 Å². The number of aliphatic imine (C=N–C) groups is 1. The molecule has 0 aromatic heterocycles. The van der Waals surface area contributed by atoms with Crippen LogP contribution in [-0.4, -0.2) is 23.8 Å². The van der Waals surface area contributed by atoms with Gasteiger partial charge in [-0.1, -0.05) is 54.6 Å². The third-order valence-electron chi connectivity index (χ3n) is 3.23. The number of esters is 1. The van der Waals surface area contributed by atoms with Crippen LogP contribution in [0.3, 0.4) is 0 Å². The zero-order chi connectivity index (χ0) is 16.9. The number of hydrogen-bond donors (Lipinski definition) is 0. The molecule has 0 spiro atoms. The largest absolute Gasteiger partial charge is 0.458 e. The number of nitrogens with zero attached hydrogens (tertiary/aromatic N) is 1. The van der Waals surface area contributed by atoms with Gasteiger partial charge in [0.1, 0.15) is 11.6 Å². The normalized spacial score (nSPS) is 13.0. The lowest BCUT2D eigenvalue weighted by Gasteiger charge is -2.20. The van der Waals surface area contributed by atoms with Gasteiger partial charge in [-0.25, -0.2) is 4.79 Å². The summed E-state index contributed by atoms with van der Waals surface area (Å²) in [5.41, 5.74) is 2.70. The molecule has 0 bridgehead atoms. The van der Waals surface area contributed by atoms with Crippen LogP contribution in [0.2, 0.25) is 0 Å². The van der Waals surface area contributed by atoms with Crippen LogP contribution in [0.5, 0.6) is 0 Å². The monoisotopic (exact) mass is 309 g/mol. The Labute approximate surface area is 138 Å². The van der Waals surface area contributed by atoms with Crippen molar-refractivity contribution < 1.29 is 9.53 Å². The van der Waals surface area contributed by atoms with Gasteiger partial charge in [0.15, 0.2) is 0 Å². The Bertz CT molecular complexity index is 684. The molecule has 120 valence electrons. The molecule has 0 aliphatic heterocycles. The summed E-state index contributed by atoms with van der Waals surface area (Å²) in [6, 6.07) is 17.6. The van der Waals surface area contributed by atoms with Gasteiger partial charge in [-0.3, -0.25) is 4.99 Å². The van der Waals surface area contributed by atoms with Crippen LogP contribution in [0.1, 0.15) is 33.3 Å². The molecule has 0 heterocycles. The molecule has 0 saturated carbocycles. The van der Waals surface area contributed by atoms with Crippen molar-refractivity contribution in [3.8, 4) is 11.1 Å². The lowest BCUT2D eigenvalue weighted by atomic mass is 10.0. The second-order valence-electron chi connectivity index (χ2n) is 6.44. The Morgan fingerprint density at radius 1 is 1.04 bits per heavy atom. The highest BCUT2D eigenvalue weighted by Crippen LogP contribution is 2.22. The minimum Gasteiger partial charge on any atom is -0.458 e.